The molecule has 24 heavy (non-hydrogen) atoms. The molecular formula is C20H28N2O2. The first kappa shape index (κ1) is 17.2. The summed E-state index contributed by atoms with van der Waals surface area (Å²) in [5, 5.41) is 12.0. The number of aliphatic hydroxyl groups excluding tert-OH is 1. The molecule has 2 aromatic carbocycles. The molecule has 130 valence electrons. The van der Waals surface area contributed by atoms with E-state index in [0.29, 0.717) is 12.6 Å². The van der Waals surface area contributed by atoms with Crippen molar-refractivity contribution in [3.63, 3.8) is 0 Å². The molecule has 0 amide bonds. The Kier molecular flexibility index (Phi) is 5.72. The van der Waals surface area contributed by atoms with Crippen molar-refractivity contribution in [2.45, 2.75) is 26.0 Å². The molecule has 0 spiro atoms. The van der Waals surface area contributed by atoms with E-state index in [1.807, 2.05) is 13.0 Å². The van der Waals surface area contributed by atoms with Crippen LogP contribution in [0.1, 0.15) is 13.8 Å². The lowest BCUT2D eigenvalue weighted by Crippen LogP contribution is -2.54. The highest BCUT2D eigenvalue weighted by atomic mass is 16.5. The summed E-state index contributed by atoms with van der Waals surface area (Å²) in [6.07, 6.45) is -0.256. The molecule has 0 bridgehead atoms. The fourth-order valence-corrected chi connectivity index (χ4v) is 3.49. The number of benzene rings is 2. The number of piperazine rings is 1. The summed E-state index contributed by atoms with van der Waals surface area (Å²) in [6, 6.07) is 15.0. The van der Waals surface area contributed by atoms with Gasteiger partial charge in [-0.3, -0.25) is 9.80 Å². The highest BCUT2D eigenvalue weighted by Crippen LogP contribution is 2.25. The fraction of sp³-hybridized carbons (Fsp3) is 0.500. The maximum Gasteiger partial charge on any atom is 0.127 e. The van der Waals surface area contributed by atoms with Crippen molar-refractivity contribution in [2.75, 3.05) is 39.3 Å². The monoisotopic (exact) mass is 328 g/mol. The van der Waals surface area contributed by atoms with Gasteiger partial charge in [-0.05, 0) is 25.3 Å². The predicted octanol–water partition coefficient (Wildman–Crippen LogP) is 2.61. The van der Waals surface area contributed by atoms with Gasteiger partial charge in [-0.25, -0.2) is 0 Å². The van der Waals surface area contributed by atoms with E-state index in [0.717, 1.165) is 38.5 Å². The van der Waals surface area contributed by atoms with E-state index in [1.54, 1.807) is 0 Å². The molecule has 4 heteroatoms. The van der Waals surface area contributed by atoms with Crippen molar-refractivity contribution < 1.29 is 9.84 Å². The lowest BCUT2D eigenvalue weighted by atomic mass is 10.1. The van der Waals surface area contributed by atoms with Crippen molar-refractivity contribution in [2.24, 2.45) is 0 Å². The molecule has 0 aromatic heterocycles. The number of hydrogen-bond donors (Lipinski definition) is 1. The van der Waals surface area contributed by atoms with E-state index >= 15 is 0 Å². The Morgan fingerprint density at radius 3 is 2.75 bits per heavy atom. The summed E-state index contributed by atoms with van der Waals surface area (Å²) in [4.78, 5) is 4.82. The quantitative estimate of drug-likeness (QED) is 0.884. The number of ether oxygens (including phenoxy) is 1. The highest BCUT2D eigenvalue weighted by Gasteiger charge is 2.24. The summed E-state index contributed by atoms with van der Waals surface area (Å²) in [7, 11) is 0. The van der Waals surface area contributed by atoms with E-state index in [-0.39, 0.29) is 6.10 Å². The molecule has 1 fully saturated rings. The minimum atomic E-state index is -0.256. The third-order valence-electron chi connectivity index (χ3n) is 4.76. The molecule has 0 unspecified atom stereocenters. The summed E-state index contributed by atoms with van der Waals surface area (Å²) in [5.41, 5.74) is 0. The summed E-state index contributed by atoms with van der Waals surface area (Å²) >= 11 is 0. The second-order valence-electron chi connectivity index (χ2n) is 6.82. The summed E-state index contributed by atoms with van der Waals surface area (Å²) < 4.78 is 6.05. The average molecular weight is 328 g/mol. The normalized spacial score (nSPS) is 21.0. The molecule has 1 N–H and O–H groups in total. The van der Waals surface area contributed by atoms with Gasteiger partial charge in [-0.2, -0.15) is 0 Å². The first-order valence-electron chi connectivity index (χ1n) is 8.88. The molecule has 2 atom stereocenters. The zero-order valence-electron chi connectivity index (χ0n) is 14.7. The molecule has 0 aliphatic carbocycles. The van der Waals surface area contributed by atoms with Crippen molar-refractivity contribution in [1.29, 1.82) is 0 Å². The van der Waals surface area contributed by atoms with Crippen LogP contribution in [0.3, 0.4) is 0 Å². The van der Waals surface area contributed by atoms with Gasteiger partial charge in [-0.15, -0.1) is 0 Å². The Bertz CT molecular complexity index is 654. The molecule has 1 aliphatic rings. The molecular weight excluding hydrogens is 300 g/mol. The van der Waals surface area contributed by atoms with Gasteiger partial charge in [0.25, 0.3) is 0 Å². The molecule has 2 aromatic rings. The van der Waals surface area contributed by atoms with Crippen molar-refractivity contribution >= 4 is 10.8 Å². The van der Waals surface area contributed by atoms with Crippen LogP contribution in [0, 0.1) is 0 Å². The molecule has 0 radical (unpaired) electrons. The lowest BCUT2D eigenvalue weighted by Gasteiger charge is -2.40. The van der Waals surface area contributed by atoms with Gasteiger partial charge >= 0.3 is 0 Å². The van der Waals surface area contributed by atoms with Gasteiger partial charge in [0.1, 0.15) is 12.4 Å². The van der Waals surface area contributed by atoms with E-state index in [1.165, 1.54) is 10.8 Å². The van der Waals surface area contributed by atoms with Gasteiger partial charge in [0.05, 0.1) is 6.10 Å². The Morgan fingerprint density at radius 1 is 1.17 bits per heavy atom. The van der Waals surface area contributed by atoms with Crippen LogP contribution in [0.25, 0.3) is 10.8 Å². The highest BCUT2D eigenvalue weighted by molar-refractivity contribution is 5.88. The minimum Gasteiger partial charge on any atom is -0.492 e. The lowest BCUT2D eigenvalue weighted by molar-refractivity contribution is 0.0405. The zero-order valence-corrected chi connectivity index (χ0v) is 14.7. The standard InChI is InChI=1S/C20H28N2O2/c1-16-14-21(10-11-22(16)15-17(2)23)12-13-24-20-9-5-7-18-6-3-4-8-19(18)20/h3-9,16-17,23H,10-15H2,1-2H3/t16-,17+/m0/s1. The third kappa shape index (κ3) is 4.26. The molecule has 3 rings (SSSR count). The predicted molar refractivity (Wildman–Crippen MR) is 98.6 cm³/mol. The number of hydrogen-bond acceptors (Lipinski definition) is 4. The first-order chi connectivity index (χ1) is 11.6. The molecule has 4 nitrogen and oxygen atoms in total. The number of β-amino-alcohol motifs (C(OH)–C–C–N with tert-alkyl or cyclic N) is 1. The van der Waals surface area contributed by atoms with Gasteiger partial charge in [0.2, 0.25) is 0 Å². The maximum atomic E-state index is 9.57. The van der Waals surface area contributed by atoms with Crippen LogP contribution in [-0.2, 0) is 0 Å². The van der Waals surface area contributed by atoms with Crippen LogP contribution in [0.15, 0.2) is 42.5 Å². The van der Waals surface area contributed by atoms with Crippen molar-refractivity contribution in [1.82, 2.24) is 9.80 Å². The molecule has 1 heterocycles. The first-order valence-corrected chi connectivity index (χ1v) is 8.88. The van der Waals surface area contributed by atoms with Crippen LogP contribution in [0.5, 0.6) is 5.75 Å². The Morgan fingerprint density at radius 2 is 1.96 bits per heavy atom. The van der Waals surface area contributed by atoms with Crippen LogP contribution >= 0.6 is 0 Å². The van der Waals surface area contributed by atoms with E-state index in [2.05, 4.69) is 53.1 Å². The molecule has 1 aliphatic heterocycles. The fourth-order valence-electron chi connectivity index (χ4n) is 3.49. The second-order valence-corrected chi connectivity index (χ2v) is 6.82. The topological polar surface area (TPSA) is 35.9 Å². The van der Waals surface area contributed by atoms with E-state index in [4.69, 9.17) is 4.74 Å². The third-order valence-corrected chi connectivity index (χ3v) is 4.76. The Hall–Kier alpha value is -1.62. The van der Waals surface area contributed by atoms with Crippen LogP contribution in [0.2, 0.25) is 0 Å². The Labute approximate surface area is 144 Å². The van der Waals surface area contributed by atoms with Crippen LogP contribution in [-0.4, -0.2) is 66.4 Å². The number of aliphatic hydroxyl groups is 1. The minimum absolute atomic E-state index is 0.256. The number of rotatable bonds is 6. The van der Waals surface area contributed by atoms with E-state index < -0.39 is 0 Å². The second kappa shape index (κ2) is 7.97. The van der Waals surface area contributed by atoms with Gasteiger partial charge < -0.3 is 9.84 Å². The number of nitrogens with zero attached hydrogens (tertiary/aromatic N) is 2. The summed E-state index contributed by atoms with van der Waals surface area (Å²) in [5.74, 6) is 0.967. The maximum absolute atomic E-state index is 9.57. The average Bonchev–Trinajstić information content (AvgIpc) is 2.57. The van der Waals surface area contributed by atoms with Gasteiger partial charge in [0.15, 0.2) is 0 Å². The van der Waals surface area contributed by atoms with Gasteiger partial charge in [-0.1, -0.05) is 36.4 Å². The number of fused-ring (bicyclic) bond motifs is 1. The smallest absolute Gasteiger partial charge is 0.127 e. The van der Waals surface area contributed by atoms with Crippen LogP contribution in [0.4, 0.5) is 0 Å². The van der Waals surface area contributed by atoms with Crippen molar-refractivity contribution in [3.8, 4) is 5.75 Å². The van der Waals surface area contributed by atoms with Gasteiger partial charge in [0, 0.05) is 44.2 Å². The van der Waals surface area contributed by atoms with E-state index in [9.17, 15) is 5.11 Å². The molecule has 1 saturated heterocycles. The molecule has 0 saturated carbocycles. The SMILES string of the molecule is C[C@@H](O)CN1CCN(CCOc2cccc3ccccc23)C[C@@H]1C. The Balaban J connectivity index is 1.50. The largest absolute Gasteiger partial charge is 0.492 e. The van der Waals surface area contributed by atoms with Crippen LogP contribution < -0.4 is 4.74 Å². The summed E-state index contributed by atoms with van der Waals surface area (Å²) in [6.45, 7) is 9.59. The van der Waals surface area contributed by atoms with Crippen molar-refractivity contribution in [3.05, 3.63) is 42.5 Å². The zero-order chi connectivity index (χ0) is 16.9.